The Morgan fingerprint density at radius 3 is 1.15 bits per heavy atom. The maximum atomic E-state index is 6.96. The first-order chi connectivity index (χ1) is 22.3. The SMILES string of the molecule is CCCCCC#CCCC(C)O[Si](CCCCCCN(C)C)(OC(C)CCC#CCCCCC)OC(C)CCC#CCCCCC. The van der Waals surface area contributed by atoms with Crippen molar-refractivity contribution in [3.8, 4) is 35.5 Å². The molecule has 3 unspecified atom stereocenters. The second-order valence-corrected chi connectivity index (χ2v) is 16.1. The van der Waals surface area contributed by atoms with Gasteiger partial charge in [-0.05, 0) is 92.8 Å². The van der Waals surface area contributed by atoms with E-state index in [1.807, 2.05) is 0 Å². The molecule has 0 saturated carbocycles. The molecule has 4 nitrogen and oxygen atoms in total. The van der Waals surface area contributed by atoms with Crippen molar-refractivity contribution in [1.82, 2.24) is 4.90 Å². The molecule has 0 aliphatic carbocycles. The highest BCUT2D eigenvalue weighted by atomic mass is 28.4. The summed E-state index contributed by atoms with van der Waals surface area (Å²) in [5, 5.41) is 0. The zero-order valence-corrected chi connectivity index (χ0v) is 32.9. The highest BCUT2D eigenvalue weighted by Gasteiger charge is 2.45. The number of nitrogens with zero attached hydrogens (tertiary/aromatic N) is 1. The molecule has 0 heterocycles. The molecule has 0 aromatic heterocycles. The first-order valence-corrected chi connectivity index (χ1v) is 21.3. The van der Waals surface area contributed by atoms with E-state index >= 15 is 0 Å². The van der Waals surface area contributed by atoms with Gasteiger partial charge in [0.15, 0.2) is 0 Å². The fraction of sp³-hybridized carbons (Fsp3) is 0.854. The molecule has 266 valence electrons. The summed E-state index contributed by atoms with van der Waals surface area (Å²) in [5.41, 5.74) is 0. The van der Waals surface area contributed by atoms with Gasteiger partial charge in [0.25, 0.3) is 0 Å². The quantitative estimate of drug-likeness (QED) is 0.0476. The third-order valence-electron chi connectivity index (χ3n) is 8.10. The molecule has 0 saturated heterocycles. The second kappa shape index (κ2) is 32.3. The minimum absolute atomic E-state index is 0.0430. The van der Waals surface area contributed by atoms with Crippen molar-refractivity contribution >= 4 is 8.80 Å². The summed E-state index contributed by atoms with van der Waals surface area (Å²) in [5.74, 6) is 20.3. The Morgan fingerprint density at radius 2 is 0.804 bits per heavy atom. The molecule has 0 radical (unpaired) electrons. The standard InChI is InChI=1S/C41H75NO3Si/c1-9-12-15-18-21-24-29-34-39(4)43-46(38-33-28-27-32-37-42(7)8,44-40(5)35-30-25-22-19-16-13-10-2)45-41(6)36-31-26-23-20-17-14-11-3/h39-41H,9-20,27-38H2,1-8H3. The average Bonchev–Trinajstić information content (AvgIpc) is 3.01. The monoisotopic (exact) mass is 658 g/mol. The van der Waals surface area contributed by atoms with Crippen LogP contribution in [0.5, 0.6) is 0 Å². The third-order valence-corrected chi connectivity index (χ3v) is 11.3. The van der Waals surface area contributed by atoms with Gasteiger partial charge in [-0.1, -0.05) is 72.1 Å². The van der Waals surface area contributed by atoms with Crippen molar-refractivity contribution in [2.75, 3.05) is 20.6 Å². The Bertz CT molecular complexity index is 773. The van der Waals surface area contributed by atoms with Crippen molar-refractivity contribution in [2.45, 2.75) is 207 Å². The van der Waals surface area contributed by atoms with Gasteiger partial charge in [0.1, 0.15) is 0 Å². The fourth-order valence-corrected chi connectivity index (χ4v) is 8.62. The second-order valence-electron chi connectivity index (χ2n) is 13.5. The van der Waals surface area contributed by atoms with E-state index in [1.165, 1.54) is 77.0 Å². The van der Waals surface area contributed by atoms with Gasteiger partial charge < -0.3 is 18.2 Å². The Morgan fingerprint density at radius 1 is 0.457 bits per heavy atom. The molecule has 46 heavy (non-hydrogen) atoms. The van der Waals surface area contributed by atoms with Crippen LogP contribution in [0.2, 0.25) is 6.04 Å². The smallest absolute Gasteiger partial charge is 0.371 e. The van der Waals surface area contributed by atoms with Crippen LogP contribution in [-0.4, -0.2) is 52.7 Å². The van der Waals surface area contributed by atoms with Crippen LogP contribution in [0.3, 0.4) is 0 Å². The maximum Gasteiger partial charge on any atom is 0.501 e. The van der Waals surface area contributed by atoms with Gasteiger partial charge in [0.2, 0.25) is 0 Å². The van der Waals surface area contributed by atoms with Crippen molar-refractivity contribution < 1.29 is 13.3 Å². The number of rotatable bonds is 28. The van der Waals surface area contributed by atoms with Crippen molar-refractivity contribution in [1.29, 1.82) is 0 Å². The Kier molecular flexibility index (Phi) is 31.4. The van der Waals surface area contributed by atoms with Gasteiger partial charge in [-0.25, -0.2) is 0 Å². The van der Waals surface area contributed by atoms with Crippen molar-refractivity contribution in [3.63, 3.8) is 0 Å². The summed E-state index contributed by atoms with van der Waals surface area (Å²) in [6.45, 7) is 14.4. The van der Waals surface area contributed by atoms with Crippen LogP contribution in [0.15, 0.2) is 0 Å². The molecule has 0 fully saturated rings. The van der Waals surface area contributed by atoms with Crippen LogP contribution in [-0.2, 0) is 13.3 Å². The Balaban J connectivity index is 5.61. The van der Waals surface area contributed by atoms with E-state index in [-0.39, 0.29) is 18.3 Å². The molecule has 0 amide bonds. The third kappa shape index (κ3) is 28.9. The molecule has 0 aliphatic heterocycles. The lowest BCUT2D eigenvalue weighted by Crippen LogP contribution is -2.51. The van der Waals surface area contributed by atoms with E-state index in [0.717, 1.165) is 76.8 Å². The van der Waals surface area contributed by atoms with Crippen molar-refractivity contribution in [3.05, 3.63) is 0 Å². The number of unbranched alkanes of at least 4 members (excludes halogenated alkanes) is 12. The molecular weight excluding hydrogens is 583 g/mol. The summed E-state index contributed by atoms with van der Waals surface area (Å²) < 4.78 is 20.9. The number of hydrogen-bond donors (Lipinski definition) is 0. The normalized spacial score (nSPS) is 14.3. The molecule has 0 spiro atoms. The highest BCUT2D eigenvalue weighted by Crippen LogP contribution is 2.28. The van der Waals surface area contributed by atoms with Crippen LogP contribution in [0.4, 0.5) is 0 Å². The molecule has 5 heteroatoms. The van der Waals surface area contributed by atoms with Crippen LogP contribution in [0.25, 0.3) is 0 Å². The van der Waals surface area contributed by atoms with Gasteiger partial charge >= 0.3 is 8.80 Å². The van der Waals surface area contributed by atoms with E-state index in [0.29, 0.717) is 0 Å². The molecule has 0 N–H and O–H groups in total. The molecule has 0 bridgehead atoms. The molecule has 0 aliphatic rings. The molecule has 3 atom stereocenters. The topological polar surface area (TPSA) is 30.9 Å². The maximum absolute atomic E-state index is 6.96. The summed E-state index contributed by atoms with van der Waals surface area (Å²) in [4.78, 5) is 2.27. The molecule has 0 rings (SSSR count). The van der Waals surface area contributed by atoms with E-state index in [2.05, 4.69) is 96.1 Å². The van der Waals surface area contributed by atoms with Gasteiger partial charge in [0.05, 0.1) is 0 Å². The fourth-order valence-electron chi connectivity index (χ4n) is 5.23. The predicted octanol–water partition coefficient (Wildman–Crippen LogP) is 11.4. The van der Waals surface area contributed by atoms with Crippen LogP contribution in [0.1, 0.15) is 183 Å². The highest BCUT2D eigenvalue weighted by molar-refractivity contribution is 6.60. The molecular formula is C41H75NO3Si. The largest absolute Gasteiger partial charge is 0.501 e. The van der Waals surface area contributed by atoms with E-state index < -0.39 is 8.80 Å². The lowest BCUT2D eigenvalue weighted by molar-refractivity contribution is -0.0131. The minimum atomic E-state index is -2.98. The Labute approximate surface area is 289 Å². The Hall–Kier alpha value is -1.26. The predicted molar refractivity (Wildman–Crippen MR) is 203 cm³/mol. The van der Waals surface area contributed by atoms with Crippen LogP contribution < -0.4 is 0 Å². The van der Waals surface area contributed by atoms with Gasteiger partial charge in [-0.15, -0.1) is 35.5 Å². The molecule has 0 aromatic carbocycles. The zero-order valence-electron chi connectivity index (χ0n) is 31.9. The summed E-state index contributed by atoms with van der Waals surface area (Å²) in [6, 6.07) is 0.863. The van der Waals surface area contributed by atoms with Gasteiger partial charge in [0, 0.05) is 62.9 Å². The van der Waals surface area contributed by atoms with Crippen LogP contribution >= 0.6 is 0 Å². The summed E-state index contributed by atoms with van der Waals surface area (Å²) >= 11 is 0. The van der Waals surface area contributed by atoms with Gasteiger partial charge in [-0.2, -0.15) is 0 Å². The summed E-state index contributed by atoms with van der Waals surface area (Å²) in [6.07, 6.45) is 24.2. The van der Waals surface area contributed by atoms with Gasteiger partial charge in [-0.3, -0.25) is 0 Å². The van der Waals surface area contributed by atoms with E-state index in [9.17, 15) is 0 Å². The van der Waals surface area contributed by atoms with Crippen molar-refractivity contribution in [2.24, 2.45) is 0 Å². The molecule has 0 aromatic rings. The first-order valence-electron chi connectivity index (χ1n) is 19.3. The first kappa shape index (κ1) is 44.7. The van der Waals surface area contributed by atoms with E-state index in [1.54, 1.807) is 0 Å². The van der Waals surface area contributed by atoms with E-state index in [4.69, 9.17) is 13.3 Å². The zero-order chi connectivity index (χ0) is 34.1. The van der Waals surface area contributed by atoms with Crippen LogP contribution in [0, 0.1) is 35.5 Å². The summed E-state index contributed by atoms with van der Waals surface area (Å²) in [7, 11) is 1.32. The lowest BCUT2D eigenvalue weighted by Gasteiger charge is -2.36. The average molecular weight is 658 g/mol. The minimum Gasteiger partial charge on any atom is -0.371 e. The lowest BCUT2D eigenvalue weighted by atomic mass is 10.2. The number of hydrogen-bond acceptors (Lipinski definition) is 4.